The molecule has 18 heavy (non-hydrogen) atoms. The first kappa shape index (κ1) is 11.5. The summed E-state index contributed by atoms with van der Waals surface area (Å²) in [5.41, 5.74) is 2.18. The van der Waals surface area contributed by atoms with Crippen molar-refractivity contribution in [2.45, 2.75) is 38.5 Å². The lowest BCUT2D eigenvalue weighted by atomic mass is 9.94. The van der Waals surface area contributed by atoms with Crippen molar-refractivity contribution in [1.29, 1.82) is 0 Å². The van der Waals surface area contributed by atoms with Crippen LogP contribution in [-0.2, 0) is 0 Å². The quantitative estimate of drug-likeness (QED) is 0.879. The molecule has 0 spiro atoms. The maximum atomic E-state index is 4.78. The van der Waals surface area contributed by atoms with E-state index in [2.05, 4.69) is 23.4 Å². The molecule has 0 radical (unpaired) electrons. The molecule has 2 aromatic rings. The predicted octanol–water partition coefficient (Wildman–Crippen LogP) is 3.06. The van der Waals surface area contributed by atoms with Gasteiger partial charge in [-0.25, -0.2) is 4.98 Å². The van der Waals surface area contributed by atoms with Gasteiger partial charge in [0.15, 0.2) is 5.65 Å². The molecule has 1 atom stereocenters. The van der Waals surface area contributed by atoms with Crippen LogP contribution in [0, 0.1) is 5.92 Å². The summed E-state index contributed by atoms with van der Waals surface area (Å²) < 4.78 is 1.86. The van der Waals surface area contributed by atoms with Crippen LogP contribution in [-0.4, -0.2) is 21.6 Å². The van der Waals surface area contributed by atoms with Crippen molar-refractivity contribution in [1.82, 2.24) is 14.6 Å². The lowest BCUT2D eigenvalue weighted by Gasteiger charge is -2.16. The highest BCUT2D eigenvalue weighted by Crippen LogP contribution is 2.44. The summed E-state index contributed by atoms with van der Waals surface area (Å²) in [6, 6.07) is 4.14. The molecule has 4 nitrogen and oxygen atoms in total. The molecule has 2 heterocycles. The molecule has 96 valence electrons. The Morgan fingerprint density at radius 3 is 3.00 bits per heavy atom. The molecule has 0 saturated heterocycles. The van der Waals surface area contributed by atoms with Crippen LogP contribution in [0.4, 0.5) is 5.82 Å². The molecule has 1 saturated carbocycles. The number of hydrogen-bond acceptors (Lipinski definition) is 3. The van der Waals surface area contributed by atoms with E-state index in [0.717, 1.165) is 17.4 Å². The average Bonchev–Trinajstić information content (AvgIpc) is 3.11. The standard InChI is InChI=1S/C14H20N4/c1-3-4-11(10-5-6-10)12-9-14(15-2)18-13(17-12)7-8-16-18/h7-11,15H,3-6H2,1-2H3. The normalized spacial score (nSPS) is 17.0. The molecule has 0 aliphatic heterocycles. The zero-order valence-corrected chi connectivity index (χ0v) is 11.1. The number of rotatable bonds is 5. The lowest BCUT2D eigenvalue weighted by molar-refractivity contribution is 0.537. The van der Waals surface area contributed by atoms with Gasteiger partial charge in [0.25, 0.3) is 0 Å². The molecule has 1 N–H and O–H groups in total. The monoisotopic (exact) mass is 244 g/mol. The molecule has 1 unspecified atom stereocenters. The Hall–Kier alpha value is -1.58. The zero-order chi connectivity index (χ0) is 12.5. The van der Waals surface area contributed by atoms with Gasteiger partial charge < -0.3 is 5.32 Å². The van der Waals surface area contributed by atoms with E-state index in [9.17, 15) is 0 Å². The highest BCUT2D eigenvalue weighted by Gasteiger charge is 2.32. The third-order valence-electron chi connectivity index (χ3n) is 3.81. The van der Waals surface area contributed by atoms with E-state index < -0.39 is 0 Å². The summed E-state index contributed by atoms with van der Waals surface area (Å²) in [4.78, 5) is 4.78. The van der Waals surface area contributed by atoms with Gasteiger partial charge in [0.2, 0.25) is 0 Å². The summed E-state index contributed by atoms with van der Waals surface area (Å²) in [6.45, 7) is 2.26. The first-order valence-electron chi connectivity index (χ1n) is 6.86. The van der Waals surface area contributed by atoms with Crippen molar-refractivity contribution < 1.29 is 0 Å². The van der Waals surface area contributed by atoms with Crippen LogP contribution in [0.25, 0.3) is 5.65 Å². The maximum Gasteiger partial charge on any atom is 0.157 e. The van der Waals surface area contributed by atoms with E-state index in [1.54, 1.807) is 6.20 Å². The largest absolute Gasteiger partial charge is 0.373 e. The number of anilines is 1. The van der Waals surface area contributed by atoms with Gasteiger partial charge in [-0.2, -0.15) is 9.61 Å². The van der Waals surface area contributed by atoms with Gasteiger partial charge in [-0.3, -0.25) is 0 Å². The predicted molar refractivity (Wildman–Crippen MR) is 72.9 cm³/mol. The number of nitrogens with one attached hydrogen (secondary N) is 1. The second-order valence-corrected chi connectivity index (χ2v) is 5.15. The number of nitrogens with zero attached hydrogens (tertiary/aromatic N) is 3. The van der Waals surface area contributed by atoms with E-state index >= 15 is 0 Å². The minimum absolute atomic E-state index is 0.627. The minimum Gasteiger partial charge on any atom is -0.373 e. The second-order valence-electron chi connectivity index (χ2n) is 5.15. The number of hydrogen-bond donors (Lipinski definition) is 1. The van der Waals surface area contributed by atoms with Crippen molar-refractivity contribution in [3.63, 3.8) is 0 Å². The van der Waals surface area contributed by atoms with E-state index in [4.69, 9.17) is 4.98 Å². The molecule has 0 bridgehead atoms. The third kappa shape index (κ3) is 1.96. The van der Waals surface area contributed by atoms with Crippen LogP contribution in [0.1, 0.15) is 44.2 Å². The molecule has 1 aliphatic rings. The Balaban J connectivity index is 2.04. The van der Waals surface area contributed by atoms with Gasteiger partial charge in [-0.05, 0) is 25.2 Å². The molecule has 3 rings (SSSR count). The van der Waals surface area contributed by atoms with Crippen molar-refractivity contribution >= 4 is 11.5 Å². The van der Waals surface area contributed by atoms with Crippen LogP contribution in [0.2, 0.25) is 0 Å². The molecular formula is C14H20N4. The molecule has 1 fully saturated rings. The van der Waals surface area contributed by atoms with Gasteiger partial charge in [0.05, 0.1) is 6.20 Å². The fraction of sp³-hybridized carbons (Fsp3) is 0.571. The molecule has 1 aliphatic carbocycles. The first-order chi connectivity index (χ1) is 8.83. The summed E-state index contributed by atoms with van der Waals surface area (Å²) in [5, 5.41) is 7.50. The fourth-order valence-electron chi connectivity index (χ4n) is 2.74. The lowest BCUT2D eigenvalue weighted by Crippen LogP contribution is -2.08. The SMILES string of the molecule is CCCC(c1cc(NC)n2nccc2n1)C1CC1. The number of aromatic nitrogens is 3. The third-order valence-corrected chi connectivity index (χ3v) is 3.81. The van der Waals surface area contributed by atoms with Gasteiger partial charge >= 0.3 is 0 Å². The van der Waals surface area contributed by atoms with Crippen LogP contribution in [0.5, 0.6) is 0 Å². The van der Waals surface area contributed by atoms with Crippen LogP contribution in [0.15, 0.2) is 18.3 Å². The Kier molecular flexibility index (Phi) is 2.94. The van der Waals surface area contributed by atoms with Crippen LogP contribution >= 0.6 is 0 Å². The van der Waals surface area contributed by atoms with Crippen molar-refractivity contribution in [2.75, 3.05) is 12.4 Å². The van der Waals surface area contributed by atoms with E-state index in [1.165, 1.54) is 31.4 Å². The van der Waals surface area contributed by atoms with Crippen LogP contribution < -0.4 is 5.32 Å². The topological polar surface area (TPSA) is 42.2 Å². The van der Waals surface area contributed by atoms with E-state index in [1.807, 2.05) is 17.6 Å². The Bertz CT molecular complexity index is 542. The molecular weight excluding hydrogens is 224 g/mol. The fourth-order valence-corrected chi connectivity index (χ4v) is 2.74. The summed E-state index contributed by atoms with van der Waals surface area (Å²) in [6.07, 6.45) is 7.00. The Labute approximate surface area is 107 Å². The van der Waals surface area contributed by atoms with Crippen molar-refractivity contribution in [3.8, 4) is 0 Å². The van der Waals surface area contributed by atoms with Crippen LogP contribution in [0.3, 0.4) is 0 Å². The summed E-state index contributed by atoms with van der Waals surface area (Å²) in [5.74, 6) is 2.51. The molecule has 0 aromatic carbocycles. The molecule has 2 aromatic heterocycles. The van der Waals surface area contributed by atoms with Gasteiger partial charge in [0.1, 0.15) is 5.82 Å². The van der Waals surface area contributed by atoms with Gasteiger partial charge in [-0.15, -0.1) is 0 Å². The number of fused-ring (bicyclic) bond motifs is 1. The molecule has 0 amide bonds. The Morgan fingerprint density at radius 1 is 1.50 bits per heavy atom. The van der Waals surface area contributed by atoms with E-state index in [-0.39, 0.29) is 0 Å². The van der Waals surface area contributed by atoms with Gasteiger partial charge in [-0.1, -0.05) is 13.3 Å². The van der Waals surface area contributed by atoms with E-state index in [0.29, 0.717) is 5.92 Å². The maximum absolute atomic E-state index is 4.78. The smallest absolute Gasteiger partial charge is 0.157 e. The summed E-state index contributed by atoms with van der Waals surface area (Å²) in [7, 11) is 1.94. The second kappa shape index (κ2) is 4.59. The highest BCUT2D eigenvalue weighted by molar-refractivity contribution is 5.49. The Morgan fingerprint density at radius 2 is 2.33 bits per heavy atom. The van der Waals surface area contributed by atoms with Crippen molar-refractivity contribution in [3.05, 3.63) is 24.0 Å². The summed E-state index contributed by atoms with van der Waals surface area (Å²) >= 11 is 0. The zero-order valence-electron chi connectivity index (χ0n) is 11.1. The average molecular weight is 244 g/mol. The highest BCUT2D eigenvalue weighted by atomic mass is 15.3. The van der Waals surface area contributed by atoms with Gasteiger partial charge in [0, 0.05) is 30.8 Å². The van der Waals surface area contributed by atoms with Crippen molar-refractivity contribution in [2.24, 2.45) is 5.92 Å². The first-order valence-corrected chi connectivity index (χ1v) is 6.86. The molecule has 4 heteroatoms. The minimum atomic E-state index is 0.627.